The minimum absolute atomic E-state index is 0.0882. The van der Waals surface area contributed by atoms with Crippen molar-refractivity contribution in [2.75, 3.05) is 0 Å². The van der Waals surface area contributed by atoms with Crippen molar-refractivity contribution < 1.29 is 19.4 Å². The van der Waals surface area contributed by atoms with Crippen LogP contribution in [-0.2, 0) is 14.3 Å². The second-order valence-corrected chi connectivity index (χ2v) is 12.1. The Kier molecular flexibility index (Phi) is 5.56. The maximum absolute atomic E-state index is 12.4. The van der Waals surface area contributed by atoms with Gasteiger partial charge in [0.2, 0.25) is 0 Å². The number of esters is 1. The Morgan fingerprint density at radius 2 is 1.90 bits per heavy atom. The molecule has 0 aromatic carbocycles. The number of hydrogen-bond acceptors (Lipinski definition) is 4. The molecule has 4 aliphatic rings. The molecule has 0 amide bonds. The molecular weight excluding hydrogens is 388 g/mol. The maximum atomic E-state index is 12.4. The minimum Gasteiger partial charge on any atom is -0.462 e. The summed E-state index contributed by atoms with van der Waals surface area (Å²) in [6.45, 7) is 12.8. The van der Waals surface area contributed by atoms with Gasteiger partial charge >= 0.3 is 5.97 Å². The average Bonchev–Trinajstić information content (AvgIpc) is 2.62. The molecule has 0 bridgehead atoms. The van der Waals surface area contributed by atoms with Crippen molar-refractivity contribution in [2.45, 2.75) is 98.7 Å². The van der Waals surface area contributed by atoms with Crippen molar-refractivity contribution in [3.63, 3.8) is 0 Å². The van der Waals surface area contributed by atoms with Crippen LogP contribution < -0.4 is 0 Å². The van der Waals surface area contributed by atoms with Gasteiger partial charge in [-0.3, -0.25) is 9.59 Å². The highest BCUT2D eigenvalue weighted by molar-refractivity contribution is 5.96. The monoisotopic (exact) mass is 428 g/mol. The summed E-state index contributed by atoms with van der Waals surface area (Å²) in [6.07, 6.45) is 10.3. The number of fused-ring (bicyclic) bond motifs is 3. The number of rotatable bonds is 2. The first kappa shape index (κ1) is 22.8. The molecule has 0 heterocycles. The largest absolute Gasteiger partial charge is 0.462 e. The van der Waals surface area contributed by atoms with Crippen LogP contribution in [0.2, 0.25) is 0 Å². The molecule has 7 unspecified atom stereocenters. The van der Waals surface area contributed by atoms with E-state index in [9.17, 15) is 14.7 Å². The van der Waals surface area contributed by atoms with Gasteiger partial charge in [-0.1, -0.05) is 45.8 Å². The summed E-state index contributed by atoms with van der Waals surface area (Å²) >= 11 is 0. The van der Waals surface area contributed by atoms with E-state index in [0.29, 0.717) is 23.8 Å². The molecule has 0 aromatic rings. The Balaban J connectivity index is 1.73. The predicted molar refractivity (Wildman–Crippen MR) is 121 cm³/mol. The van der Waals surface area contributed by atoms with Crippen molar-refractivity contribution in [3.05, 3.63) is 23.3 Å². The van der Waals surface area contributed by atoms with E-state index < -0.39 is 6.10 Å². The lowest BCUT2D eigenvalue weighted by Crippen LogP contribution is -2.61. The summed E-state index contributed by atoms with van der Waals surface area (Å²) < 4.78 is 6.03. The number of carbonyl (C=O) groups excluding carboxylic acids is 2. The van der Waals surface area contributed by atoms with Crippen LogP contribution in [0.25, 0.3) is 0 Å². The summed E-state index contributed by atoms with van der Waals surface area (Å²) in [6, 6.07) is 0. The summed E-state index contributed by atoms with van der Waals surface area (Å²) in [7, 11) is 0. The van der Waals surface area contributed by atoms with Crippen molar-refractivity contribution in [3.8, 4) is 0 Å². The zero-order valence-corrected chi connectivity index (χ0v) is 20.2. The molecule has 0 spiro atoms. The van der Waals surface area contributed by atoms with Gasteiger partial charge in [0, 0.05) is 25.2 Å². The smallest absolute Gasteiger partial charge is 0.302 e. The van der Waals surface area contributed by atoms with Crippen molar-refractivity contribution in [1.29, 1.82) is 0 Å². The van der Waals surface area contributed by atoms with Crippen molar-refractivity contribution in [2.24, 2.45) is 34.0 Å². The third-order valence-corrected chi connectivity index (χ3v) is 9.40. The van der Waals surface area contributed by atoms with Crippen LogP contribution >= 0.6 is 0 Å². The zero-order chi connectivity index (χ0) is 22.8. The van der Waals surface area contributed by atoms with E-state index in [-0.39, 0.29) is 40.0 Å². The minimum atomic E-state index is -0.589. The maximum Gasteiger partial charge on any atom is 0.302 e. The molecule has 1 N–H and O–H groups in total. The molecule has 31 heavy (non-hydrogen) atoms. The molecule has 4 aliphatic carbocycles. The highest BCUT2D eigenvalue weighted by Gasteiger charge is 2.62. The lowest BCUT2D eigenvalue weighted by atomic mass is 9.41. The molecule has 0 saturated heterocycles. The van der Waals surface area contributed by atoms with Gasteiger partial charge in [0.25, 0.3) is 0 Å². The SMILES string of the molecule is CC(=O)OC1CC2(C)C=C(C3CC(=O)C(C)=CC3O)CCC2C2(C)CCCC(C)(C)C12. The number of carbonyl (C=O) groups is 2. The van der Waals surface area contributed by atoms with E-state index in [1.54, 1.807) is 13.0 Å². The number of aliphatic hydroxyl groups is 1. The van der Waals surface area contributed by atoms with E-state index in [4.69, 9.17) is 4.74 Å². The first-order valence-electron chi connectivity index (χ1n) is 12.2. The lowest BCUT2D eigenvalue weighted by molar-refractivity contribution is -0.199. The lowest BCUT2D eigenvalue weighted by Gasteiger charge is -2.65. The standard InChI is InChI=1S/C27H40O4/c1-16-12-21(30)19(13-20(16)29)18-8-9-23-26(5,14-18)15-22(31-17(2)28)24-25(3,4)10-7-11-27(23,24)6/h12,14,19,21-24,30H,7-11,13,15H2,1-6H3. The molecular formula is C27H40O4. The molecule has 4 rings (SSSR count). The summed E-state index contributed by atoms with van der Waals surface area (Å²) in [5.41, 5.74) is 2.07. The highest BCUT2D eigenvalue weighted by Crippen LogP contribution is 2.67. The van der Waals surface area contributed by atoms with Gasteiger partial charge in [0.15, 0.2) is 5.78 Å². The fraction of sp³-hybridized carbons (Fsp3) is 0.778. The molecule has 0 radical (unpaired) electrons. The Morgan fingerprint density at radius 1 is 1.19 bits per heavy atom. The van der Waals surface area contributed by atoms with Crippen molar-refractivity contribution >= 4 is 11.8 Å². The highest BCUT2D eigenvalue weighted by atomic mass is 16.5. The third-order valence-electron chi connectivity index (χ3n) is 9.40. The van der Waals surface area contributed by atoms with E-state index in [1.807, 2.05) is 0 Å². The quantitative estimate of drug-likeness (QED) is 0.473. The Labute approximate surface area is 187 Å². The van der Waals surface area contributed by atoms with E-state index in [2.05, 4.69) is 33.8 Å². The molecule has 172 valence electrons. The molecule has 0 aromatic heterocycles. The number of ether oxygens (including phenoxy) is 1. The second kappa shape index (κ2) is 7.57. The predicted octanol–water partition coefficient (Wildman–Crippen LogP) is 5.39. The topological polar surface area (TPSA) is 63.6 Å². The fourth-order valence-corrected chi connectivity index (χ4v) is 8.43. The average molecular weight is 429 g/mol. The zero-order valence-electron chi connectivity index (χ0n) is 20.2. The van der Waals surface area contributed by atoms with Gasteiger partial charge in [-0.15, -0.1) is 0 Å². The van der Waals surface area contributed by atoms with Gasteiger partial charge in [-0.05, 0) is 72.8 Å². The van der Waals surface area contributed by atoms with Crippen LogP contribution in [0.15, 0.2) is 23.3 Å². The van der Waals surface area contributed by atoms with Gasteiger partial charge in [-0.2, -0.15) is 0 Å². The van der Waals surface area contributed by atoms with E-state index >= 15 is 0 Å². The summed E-state index contributed by atoms with van der Waals surface area (Å²) in [5.74, 6) is 0.720. The van der Waals surface area contributed by atoms with Crippen LogP contribution in [0.1, 0.15) is 86.5 Å². The fourth-order valence-electron chi connectivity index (χ4n) is 8.43. The first-order valence-corrected chi connectivity index (χ1v) is 12.2. The number of allylic oxidation sites excluding steroid dienone is 2. The molecule has 2 saturated carbocycles. The van der Waals surface area contributed by atoms with Gasteiger partial charge in [0.05, 0.1) is 6.10 Å². The molecule has 2 fully saturated rings. The van der Waals surface area contributed by atoms with E-state index in [0.717, 1.165) is 19.3 Å². The van der Waals surface area contributed by atoms with Crippen molar-refractivity contribution in [1.82, 2.24) is 0 Å². The number of ketones is 1. The first-order chi connectivity index (χ1) is 14.4. The normalized spacial score (nSPS) is 44.5. The number of Topliss-reactive ketones (excluding diaryl/α,β-unsaturated/α-hetero) is 1. The van der Waals surface area contributed by atoms with Crippen LogP contribution in [0.4, 0.5) is 0 Å². The summed E-state index contributed by atoms with van der Waals surface area (Å²) in [4.78, 5) is 24.4. The number of aliphatic hydroxyl groups excluding tert-OH is 1. The van der Waals surface area contributed by atoms with Gasteiger partial charge in [-0.25, -0.2) is 0 Å². The third kappa shape index (κ3) is 3.73. The molecule has 4 heteroatoms. The molecule has 0 aliphatic heterocycles. The molecule has 4 nitrogen and oxygen atoms in total. The van der Waals surface area contributed by atoms with Crippen LogP contribution in [0, 0.1) is 34.0 Å². The Bertz CT molecular complexity index is 836. The van der Waals surface area contributed by atoms with Crippen LogP contribution in [-0.4, -0.2) is 29.1 Å². The van der Waals surface area contributed by atoms with Crippen LogP contribution in [0.3, 0.4) is 0 Å². The Morgan fingerprint density at radius 3 is 2.58 bits per heavy atom. The van der Waals surface area contributed by atoms with Crippen LogP contribution in [0.5, 0.6) is 0 Å². The van der Waals surface area contributed by atoms with Gasteiger partial charge < -0.3 is 9.84 Å². The van der Waals surface area contributed by atoms with E-state index in [1.165, 1.54) is 31.8 Å². The number of hydrogen-bond donors (Lipinski definition) is 1. The van der Waals surface area contributed by atoms with Gasteiger partial charge in [0.1, 0.15) is 6.10 Å². The Hall–Kier alpha value is -1.42. The summed E-state index contributed by atoms with van der Waals surface area (Å²) in [5, 5.41) is 10.7. The molecule has 7 atom stereocenters. The second-order valence-electron chi connectivity index (χ2n) is 12.1.